The quantitative estimate of drug-likeness (QED) is 0.622. The molecular weight excluding hydrogens is 256 g/mol. The Hall–Kier alpha value is -1.62. The van der Waals surface area contributed by atoms with Gasteiger partial charge in [-0.3, -0.25) is 0 Å². The van der Waals surface area contributed by atoms with Crippen LogP contribution in [0, 0.1) is 0 Å². The van der Waals surface area contributed by atoms with Gasteiger partial charge in [0.2, 0.25) is 5.16 Å². The second kappa shape index (κ2) is 6.52. The molecular formula is C14H18N4S. The van der Waals surface area contributed by atoms with Gasteiger partial charge in [-0.15, -0.1) is 10.2 Å². The molecule has 1 heterocycles. The average molecular weight is 274 g/mol. The lowest BCUT2D eigenvalue weighted by atomic mass is 10.1. The molecule has 2 rings (SSSR count). The van der Waals surface area contributed by atoms with Gasteiger partial charge in [0.25, 0.3) is 0 Å². The monoisotopic (exact) mass is 274 g/mol. The topological polar surface area (TPSA) is 43.1 Å². The molecule has 2 aromatic rings. The molecule has 0 amide bonds. The summed E-state index contributed by atoms with van der Waals surface area (Å²) in [6.45, 7) is 4.20. The third-order valence-electron chi connectivity index (χ3n) is 2.89. The van der Waals surface area contributed by atoms with E-state index in [0.717, 1.165) is 29.4 Å². The first-order valence-electron chi connectivity index (χ1n) is 6.40. The third kappa shape index (κ3) is 3.23. The zero-order valence-corrected chi connectivity index (χ0v) is 12.3. The molecule has 0 aliphatic rings. The van der Waals surface area contributed by atoms with Crippen LogP contribution in [0.3, 0.4) is 0 Å². The van der Waals surface area contributed by atoms with Gasteiger partial charge in [0.05, 0.1) is 6.21 Å². The van der Waals surface area contributed by atoms with E-state index >= 15 is 0 Å². The lowest BCUT2D eigenvalue weighted by molar-refractivity contribution is 0.723. The summed E-state index contributed by atoms with van der Waals surface area (Å²) in [7, 11) is 0. The van der Waals surface area contributed by atoms with Gasteiger partial charge in [-0.2, -0.15) is 9.78 Å². The molecule has 5 heteroatoms. The summed E-state index contributed by atoms with van der Waals surface area (Å²) in [4.78, 5) is 0. The fourth-order valence-corrected chi connectivity index (χ4v) is 2.17. The second-order valence-corrected chi connectivity index (χ2v) is 4.88. The van der Waals surface area contributed by atoms with Crippen molar-refractivity contribution in [2.24, 2.45) is 5.10 Å². The van der Waals surface area contributed by atoms with E-state index in [1.165, 1.54) is 5.56 Å². The number of rotatable bonds is 5. The van der Waals surface area contributed by atoms with Gasteiger partial charge in [0.15, 0.2) is 5.82 Å². The predicted molar refractivity (Wildman–Crippen MR) is 80.0 cm³/mol. The van der Waals surface area contributed by atoms with Gasteiger partial charge < -0.3 is 0 Å². The summed E-state index contributed by atoms with van der Waals surface area (Å²) >= 11 is 1.55. The minimum atomic E-state index is 0.818. The minimum absolute atomic E-state index is 0.818. The smallest absolute Gasteiger partial charge is 0.192 e. The van der Waals surface area contributed by atoms with Crippen molar-refractivity contribution >= 4 is 18.0 Å². The number of hydrogen-bond donors (Lipinski definition) is 0. The maximum atomic E-state index is 4.48. The van der Waals surface area contributed by atoms with Gasteiger partial charge in [-0.25, -0.2) is 0 Å². The highest BCUT2D eigenvalue weighted by atomic mass is 32.2. The Bertz CT molecular complexity index is 536. The summed E-state index contributed by atoms with van der Waals surface area (Å²) in [6, 6.07) is 8.42. The molecule has 1 aromatic carbocycles. The summed E-state index contributed by atoms with van der Waals surface area (Å²) in [6.07, 6.45) is 5.70. The number of hydrogen-bond acceptors (Lipinski definition) is 4. The van der Waals surface area contributed by atoms with Crippen LogP contribution in [0.5, 0.6) is 0 Å². The lowest BCUT2D eigenvalue weighted by Crippen LogP contribution is -1.98. The van der Waals surface area contributed by atoms with Crippen LogP contribution in [0.4, 0.5) is 0 Å². The van der Waals surface area contributed by atoms with Crippen molar-refractivity contribution in [1.29, 1.82) is 0 Å². The normalized spacial score (nSPS) is 11.3. The van der Waals surface area contributed by atoms with Crippen molar-refractivity contribution in [2.45, 2.75) is 31.8 Å². The second-order valence-electron chi connectivity index (χ2n) is 4.11. The largest absolute Gasteiger partial charge is 0.211 e. The van der Waals surface area contributed by atoms with E-state index in [4.69, 9.17) is 0 Å². The van der Waals surface area contributed by atoms with E-state index in [1.54, 1.807) is 16.4 Å². The van der Waals surface area contributed by atoms with E-state index in [9.17, 15) is 0 Å². The van der Waals surface area contributed by atoms with Crippen LogP contribution in [-0.2, 0) is 12.8 Å². The standard InChI is InChI=1S/C14H18N4S/c1-4-11-6-8-12(9-7-11)10-15-18-13(5-2)16-17-14(18)19-3/h6-10H,4-5H2,1-3H3/b15-10-. The Labute approximate surface area is 117 Å². The van der Waals surface area contributed by atoms with Crippen LogP contribution >= 0.6 is 11.8 Å². The fraction of sp³-hybridized carbons (Fsp3) is 0.357. The third-order valence-corrected chi connectivity index (χ3v) is 3.51. The summed E-state index contributed by atoms with van der Waals surface area (Å²) in [5.41, 5.74) is 2.42. The Morgan fingerprint density at radius 3 is 2.47 bits per heavy atom. The molecule has 0 bridgehead atoms. The molecule has 0 aliphatic heterocycles. The Kier molecular flexibility index (Phi) is 4.74. The lowest BCUT2D eigenvalue weighted by Gasteiger charge is -2.01. The highest BCUT2D eigenvalue weighted by Crippen LogP contribution is 2.13. The van der Waals surface area contributed by atoms with Crippen molar-refractivity contribution in [3.63, 3.8) is 0 Å². The first kappa shape index (κ1) is 13.8. The van der Waals surface area contributed by atoms with Crippen LogP contribution in [0.15, 0.2) is 34.5 Å². The molecule has 0 spiro atoms. The first-order chi connectivity index (χ1) is 9.28. The molecule has 19 heavy (non-hydrogen) atoms. The molecule has 0 unspecified atom stereocenters. The average Bonchev–Trinajstić information content (AvgIpc) is 2.87. The van der Waals surface area contributed by atoms with Crippen LogP contribution in [-0.4, -0.2) is 27.3 Å². The van der Waals surface area contributed by atoms with Gasteiger partial charge >= 0.3 is 0 Å². The van der Waals surface area contributed by atoms with Crippen LogP contribution in [0.2, 0.25) is 0 Å². The number of nitrogens with zero attached hydrogens (tertiary/aromatic N) is 4. The van der Waals surface area contributed by atoms with E-state index in [2.05, 4.69) is 53.4 Å². The molecule has 4 nitrogen and oxygen atoms in total. The zero-order chi connectivity index (χ0) is 13.7. The molecule has 0 atom stereocenters. The maximum Gasteiger partial charge on any atom is 0.211 e. The Morgan fingerprint density at radius 2 is 1.89 bits per heavy atom. The zero-order valence-electron chi connectivity index (χ0n) is 11.5. The van der Waals surface area contributed by atoms with Crippen molar-refractivity contribution < 1.29 is 0 Å². The van der Waals surface area contributed by atoms with E-state index < -0.39 is 0 Å². The van der Waals surface area contributed by atoms with Crippen molar-refractivity contribution in [1.82, 2.24) is 14.9 Å². The molecule has 100 valence electrons. The summed E-state index contributed by atoms with van der Waals surface area (Å²) in [5.74, 6) is 0.880. The SMILES string of the molecule is CCc1ccc(/C=N\n2c(CC)nnc2SC)cc1. The van der Waals surface area contributed by atoms with Crippen molar-refractivity contribution in [2.75, 3.05) is 6.26 Å². The van der Waals surface area contributed by atoms with Crippen LogP contribution in [0.1, 0.15) is 30.8 Å². The van der Waals surface area contributed by atoms with E-state index in [-0.39, 0.29) is 0 Å². The van der Waals surface area contributed by atoms with Gasteiger partial charge in [-0.05, 0) is 23.8 Å². The molecule has 0 fully saturated rings. The summed E-state index contributed by atoms with van der Waals surface area (Å²) in [5, 5.41) is 13.5. The predicted octanol–water partition coefficient (Wildman–Crippen LogP) is 3.01. The first-order valence-corrected chi connectivity index (χ1v) is 7.62. The Morgan fingerprint density at radius 1 is 1.16 bits per heavy atom. The van der Waals surface area contributed by atoms with Crippen molar-refractivity contribution in [3.8, 4) is 0 Å². The summed E-state index contributed by atoms with van der Waals surface area (Å²) < 4.78 is 1.80. The molecule has 0 saturated carbocycles. The number of thioether (sulfide) groups is 1. The van der Waals surface area contributed by atoms with Gasteiger partial charge in [0, 0.05) is 6.42 Å². The molecule has 0 radical (unpaired) electrons. The van der Waals surface area contributed by atoms with Crippen LogP contribution in [0.25, 0.3) is 0 Å². The van der Waals surface area contributed by atoms with Gasteiger partial charge in [0.1, 0.15) is 0 Å². The molecule has 0 saturated heterocycles. The van der Waals surface area contributed by atoms with E-state index in [1.807, 2.05) is 12.5 Å². The Balaban J connectivity index is 2.23. The molecule has 1 aromatic heterocycles. The minimum Gasteiger partial charge on any atom is -0.192 e. The van der Waals surface area contributed by atoms with Crippen LogP contribution < -0.4 is 0 Å². The number of aryl methyl sites for hydroxylation is 2. The molecule has 0 aliphatic carbocycles. The van der Waals surface area contributed by atoms with E-state index in [0.29, 0.717) is 0 Å². The van der Waals surface area contributed by atoms with Gasteiger partial charge in [-0.1, -0.05) is 49.9 Å². The number of benzene rings is 1. The number of aromatic nitrogens is 3. The molecule has 0 N–H and O–H groups in total. The maximum absolute atomic E-state index is 4.48. The fourth-order valence-electron chi connectivity index (χ4n) is 1.72. The van der Waals surface area contributed by atoms with Crippen molar-refractivity contribution in [3.05, 3.63) is 41.2 Å². The highest BCUT2D eigenvalue weighted by molar-refractivity contribution is 7.98. The highest BCUT2D eigenvalue weighted by Gasteiger charge is 2.07.